The van der Waals surface area contributed by atoms with Crippen LogP contribution in [0.15, 0.2) is 24.3 Å². The van der Waals surface area contributed by atoms with E-state index in [1.54, 1.807) is 36.0 Å². The van der Waals surface area contributed by atoms with E-state index in [9.17, 15) is 24.6 Å². The third-order valence-electron chi connectivity index (χ3n) is 5.20. The van der Waals surface area contributed by atoms with Gasteiger partial charge in [0, 0.05) is 48.5 Å². The number of aliphatic carboxylic acids is 1. The number of β-amino-alcohol motifs (C(OH)–C–C–N with tert-alkyl or cyclic N) is 1. The zero-order chi connectivity index (χ0) is 21.0. The van der Waals surface area contributed by atoms with Gasteiger partial charge in [-0.2, -0.15) is 0 Å². The van der Waals surface area contributed by atoms with Crippen LogP contribution in [0, 0.1) is 0 Å². The molecule has 0 spiro atoms. The zero-order valence-electron chi connectivity index (χ0n) is 15.7. The van der Waals surface area contributed by atoms with E-state index in [0.29, 0.717) is 10.8 Å². The first-order valence-electron chi connectivity index (χ1n) is 9.39. The molecule has 1 aromatic rings. The van der Waals surface area contributed by atoms with Crippen LogP contribution in [0.4, 0.5) is 0 Å². The Morgan fingerprint density at radius 2 is 2.03 bits per heavy atom. The average Bonchev–Trinajstić information content (AvgIpc) is 3.35. The Hall–Kier alpha value is -1.81. The summed E-state index contributed by atoms with van der Waals surface area (Å²) in [5, 5.41) is 25.7. The number of nitrogens with zero attached hydrogens (tertiary/aromatic N) is 1. The standard InChI is InChI=1S/C19H24ClN3O5S/c20-13-3-1-11(2-4-13)12(7-21-18(26)15-9-29-10-22-15)5-17(25)23-8-14(24)6-16(23)19(27)28/h1-4,12,14-16,22,24H,5-10H2,(H,21,26)(H,27,28)/t12-,14?,15+,16+/m1/s1. The lowest BCUT2D eigenvalue weighted by Crippen LogP contribution is -2.44. The van der Waals surface area contributed by atoms with Crippen LogP contribution in [0.3, 0.4) is 0 Å². The number of hydrogen-bond donors (Lipinski definition) is 4. The van der Waals surface area contributed by atoms with Crippen molar-refractivity contribution >= 4 is 41.1 Å². The topological polar surface area (TPSA) is 119 Å². The van der Waals surface area contributed by atoms with Gasteiger partial charge in [0.25, 0.3) is 0 Å². The molecule has 4 N–H and O–H groups in total. The summed E-state index contributed by atoms with van der Waals surface area (Å²) in [6.45, 7) is 0.238. The molecule has 1 unspecified atom stereocenters. The molecule has 2 amide bonds. The van der Waals surface area contributed by atoms with E-state index in [2.05, 4.69) is 10.6 Å². The van der Waals surface area contributed by atoms with Crippen LogP contribution in [0.5, 0.6) is 0 Å². The number of aliphatic hydroxyl groups is 1. The molecular formula is C19H24ClN3O5S. The highest BCUT2D eigenvalue weighted by molar-refractivity contribution is 7.99. The second-order valence-electron chi connectivity index (χ2n) is 7.26. The van der Waals surface area contributed by atoms with Gasteiger partial charge in [0.2, 0.25) is 11.8 Å². The highest BCUT2D eigenvalue weighted by Crippen LogP contribution is 2.26. The number of carboxylic acid groups (broad SMARTS) is 1. The summed E-state index contributed by atoms with van der Waals surface area (Å²) >= 11 is 7.61. The summed E-state index contributed by atoms with van der Waals surface area (Å²) in [4.78, 5) is 37.8. The number of thioether (sulfide) groups is 1. The molecule has 0 radical (unpaired) electrons. The average molecular weight is 442 g/mol. The number of benzene rings is 1. The summed E-state index contributed by atoms with van der Waals surface area (Å²) in [7, 11) is 0. The summed E-state index contributed by atoms with van der Waals surface area (Å²) in [5.41, 5.74) is 0.823. The molecule has 3 rings (SSSR count). The van der Waals surface area contributed by atoms with E-state index in [0.717, 1.165) is 11.4 Å². The van der Waals surface area contributed by atoms with E-state index in [4.69, 9.17) is 11.6 Å². The normalized spacial score (nSPS) is 25.0. The molecule has 4 atom stereocenters. The molecule has 29 heavy (non-hydrogen) atoms. The Kier molecular flexibility index (Phi) is 7.39. The Morgan fingerprint density at radius 3 is 2.66 bits per heavy atom. The van der Waals surface area contributed by atoms with Gasteiger partial charge in [-0.05, 0) is 17.7 Å². The molecule has 2 heterocycles. The van der Waals surface area contributed by atoms with Gasteiger partial charge in [-0.1, -0.05) is 23.7 Å². The minimum Gasteiger partial charge on any atom is -0.480 e. The quantitative estimate of drug-likeness (QED) is 0.490. The van der Waals surface area contributed by atoms with Crippen LogP contribution in [-0.2, 0) is 14.4 Å². The number of halogens is 1. The summed E-state index contributed by atoms with van der Waals surface area (Å²) in [5.74, 6) is -0.534. The van der Waals surface area contributed by atoms with Crippen LogP contribution in [-0.4, -0.2) is 75.8 Å². The Morgan fingerprint density at radius 1 is 1.31 bits per heavy atom. The number of carbonyl (C=O) groups excluding carboxylic acids is 2. The fraction of sp³-hybridized carbons (Fsp3) is 0.526. The van der Waals surface area contributed by atoms with Crippen LogP contribution in [0.25, 0.3) is 0 Å². The Bertz CT molecular complexity index is 757. The van der Waals surface area contributed by atoms with Crippen molar-refractivity contribution in [2.75, 3.05) is 24.7 Å². The molecule has 1 aromatic carbocycles. The van der Waals surface area contributed by atoms with Crippen LogP contribution in [0.1, 0.15) is 24.3 Å². The Labute approximate surface area is 178 Å². The fourth-order valence-corrected chi connectivity index (χ4v) is 4.67. The molecule has 0 bridgehead atoms. The van der Waals surface area contributed by atoms with E-state index >= 15 is 0 Å². The van der Waals surface area contributed by atoms with Gasteiger partial charge < -0.3 is 20.4 Å². The lowest BCUT2D eigenvalue weighted by atomic mass is 9.94. The fourth-order valence-electron chi connectivity index (χ4n) is 3.60. The zero-order valence-corrected chi connectivity index (χ0v) is 17.3. The van der Waals surface area contributed by atoms with E-state index in [1.165, 1.54) is 4.90 Å². The van der Waals surface area contributed by atoms with Crippen molar-refractivity contribution in [2.24, 2.45) is 0 Å². The Balaban J connectivity index is 1.70. The SMILES string of the molecule is O=C(NC[C@@H](CC(=O)N1CC(O)C[C@H]1C(=O)O)c1ccc(Cl)cc1)[C@@H]1CSCN1. The second kappa shape index (κ2) is 9.80. The third kappa shape index (κ3) is 5.63. The van der Waals surface area contributed by atoms with Crippen molar-refractivity contribution < 1.29 is 24.6 Å². The molecule has 0 aromatic heterocycles. The molecular weight excluding hydrogens is 418 g/mol. The number of carboxylic acids is 1. The van der Waals surface area contributed by atoms with Crippen molar-refractivity contribution in [3.63, 3.8) is 0 Å². The smallest absolute Gasteiger partial charge is 0.326 e. The summed E-state index contributed by atoms with van der Waals surface area (Å²) in [6.07, 6.45) is -0.806. The largest absolute Gasteiger partial charge is 0.480 e. The number of rotatable bonds is 7. The van der Waals surface area contributed by atoms with Gasteiger partial charge in [-0.15, -0.1) is 11.8 Å². The number of nitrogens with one attached hydrogen (secondary N) is 2. The first-order chi connectivity index (χ1) is 13.8. The number of amides is 2. The van der Waals surface area contributed by atoms with E-state index in [1.807, 2.05) is 0 Å². The molecule has 2 fully saturated rings. The minimum atomic E-state index is -1.13. The van der Waals surface area contributed by atoms with E-state index < -0.39 is 18.1 Å². The highest BCUT2D eigenvalue weighted by Gasteiger charge is 2.39. The van der Waals surface area contributed by atoms with Crippen molar-refractivity contribution in [1.29, 1.82) is 0 Å². The summed E-state index contributed by atoms with van der Waals surface area (Å²) < 4.78 is 0. The maximum atomic E-state index is 12.9. The van der Waals surface area contributed by atoms with Gasteiger partial charge in [-0.3, -0.25) is 14.9 Å². The first-order valence-corrected chi connectivity index (χ1v) is 10.9. The second-order valence-corrected chi connectivity index (χ2v) is 8.73. The maximum Gasteiger partial charge on any atom is 0.326 e. The molecule has 10 heteroatoms. The van der Waals surface area contributed by atoms with Crippen molar-refractivity contribution in [3.8, 4) is 0 Å². The van der Waals surface area contributed by atoms with Gasteiger partial charge in [0.15, 0.2) is 0 Å². The van der Waals surface area contributed by atoms with Crippen molar-refractivity contribution in [3.05, 3.63) is 34.9 Å². The van der Waals surface area contributed by atoms with Crippen LogP contribution >= 0.6 is 23.4 Å². The number of likely N-dealkylation sites (tertiary alicyclic amines) is 1. The maximum absolute atomic E-state index is 12.9. The monoisotopic (exact) mass is 441 g/mol. The molecule has 2 saturated heterocycles. The lowest BCUT2D eigenvalue weighted by Gasteiger charge is -2.25. The predicted octanol–water partition coefficient (Wildman–Crippen LogP) is 0.639. The molecule has 0 aliphatic carbocycles. The van der Waals surface area contributed by atoms with Crippen molar-refractivity contribution in [2.45, 2.75) is 36.9 Å². The van der Waals surface area contributed by atoms with Gasteiger partial charge in [0.05, 0.1) is 12.1 Å². The number of hydrogen-bond acceptors (Lipinski definition) is 6. The lowest BCUT2D eigenvalue weighted by molar-refractivity contribution is -0.148. The number of aliphatic hydroxyl groups excluding tert-OH is 1. The third-order valence-corrected chi connectivity index (χ3v) is 6.39. The van der Waals surface area contributed by atoms with Gasteiger partial charge >= 0.3 is 5.97 Å². The molecule has 2 aliphatic rings. The highest BCUT2D eigenvalue weighted by atomic mass is 35.5. The molecule has 2 aliphatic heterocycles. The number of carbonyl (C=O) groups is 3. The molecule has 0 saturated carbocycles. The molecule has 8 nitrogen and oxygen atoms in total. The van der Waals surface area contributed by atoms with Crippen molar-refractivity contribution in [1.82, 2.24) is 15.5 Å². The minimum absolute atomic E-state index is 0.00128. The predicted molar refractivity (Wildman–Crippen MR) is 110 cm³/mol. The first kappa shape index (κ1) is 21.9. The summed E-state index contributed by atoms with van der Waals surface area (Å²) in [6, 6.07) is 5.73. The van der Waals surface area contributed by atoms with Crippen LogP contribution < -0.4 is 10.6 Å². The van der Waals surface area contributed by atoms with Crippen LogP contribution in [0.2, 0.25) is 5.02 Å². The van der Waals surface area contributed by atoms with Gasteiger partial charge in [0.1, 0.15) is 6.04 Å². The van der Waals surface area contributed by atoms with E-state index in [-0.39, 0.29) is 49.7 Å². The van der Waals surface area contributed by atoms with Gasteiger partial charge in [-0.25, -0.2) is 4.79 Å². The molecule has 158 valence electrons.